The molecule has 0 aliphatic heterocycles. The Morgan fingerprint density at radius 1 is 1.28 bits per heavy atom. The molecule has 0 aliphatic carbocycles. The first kappa shape index (κ1) is 19.6. The van der Waals surface area contributed by atoms with Gasteiger partial charge in [0.1, 0.15) is 11.6 Å². The van der Waals surface area contributed by atoms with Crippen molar-refractivity contribution in [2.24, 2.45) is 5.92 Å². The van der Waals surface area contributed by atoms with E-state index in [9.17, 15) is 9.50 Å². The van der Waals surface area contributed by atoms with Crippen LogP contribution in [0.1, 0.15) is 26.5 Å². The standard InChI is InChI=1S/C19H24ClFN2O2/c1-4-25-19-8-5-13(9-14(19)20)16-7-6-15(21)17(23-16)10-22-18(11-24)12(2)3/h5-9,12,18,22,24H,4,10-11H2,1-3H3/t18-/m0/s1. The quantitative estimate of drug-likeness (QED) is 0.740. The molecule has 0 radical (unpaired) electrons. The van der Waals surface area contributed by atoms with Gasteiger partial charge in [0.05, 0.1) is 29.6 Å². The minimum Gasteiger partial charge on any atom is -0.492 e. The first-order chi connectivity index (χ1) is 12.0. The van der Waals surface area contributed by atoms with Crippen LogP contribution in [0.15, 0.2) is 30.3 Å². The summed E-state index contributed by atoms with van der Waals surface area (Å²) in [5.74, 6) is 0.467. The molecule has 0 saturated carbocycles. The van der Waals surface area contributed by atoms with E-state index in [0.29, 0.717) is 28.8 Å². The number of aromatic nitrogens is 1. The van der Waals surface area contributed by atoms with Crippen LogP contribution in [0.5, 0.6) is 5.75 Å². The number of rotatable bonds is 8. The summed E-state index contributed by atoms with van der Waals surface area (Å²) < 4.78 is 19.5. The summed E-state index contributed by atoms with van der Waals surface area (Å²) in [4.78, 5) is 4.41. The zero-order valence-corrected chi connectivity index (χ0v) is 15.5. The number of nitrogens with zero attached hydrogens (tertiary/aromatic N) is 1. The van der Waals surface area contributed by atoms with Gasteiger partial charge in [0.2, 0.25) is 0 Å². The molecule has 0 spiro atoms. The van der Waals surface area contributed by atoms with Gasteiger partial charge < -0.3 is 15.2 Å². The van der Waals surface area contributed by atoms with Crippen LogP contribution in [-0.2, 0) is 6.54 Å². The third kappa shape index (κ3) is 5.14. The van der Waals surface area contributed by atoms with Crippen molar-refractivity contribution in [3.63, 3.8) is 0 Å². The molecular weight excluding hydrogens is 343 g/mol. The molecule has 0 unspecified atom stereocenters. The molecule has 1 aromatic heterocycles. The fourth-order valence-corrected chi connectivity index (χ4v) is 2.68. The SMILES string of the molecule is CCOc1ccc(-c2ccc(F)c(CN[C@@H](CO)C(C)C)n2)cc1Cl. The van der Waals surface area contributed by atoms with Crippen LogP contribution in [0.25, 0.3) is 11.3 Å². The molecule has 1 atom stereocenters. The summed E-state index contributed by atoms with van der Waals surface area (Å²) in [5, 5.41) is 13.0. The van der Waals surface area contributed by atoms with E-state index in [1.807, 2.05) is 26.8 Å². The van der Waals surface area contributed by atoms with Gasteiger partial charge >= 0.3 is 0 Å². The third-order valence-electron chi connectivity index (χ3n) is 3.98. The summed E-state index contributed by atoms with van der Waals surface area (Å²) in [6.45, 7) is 6.65. The smallest absolute Gasteiger partial charge is 0.146 e. The minimum atomic E-state index is -0.381. The Hall–Kier alpha value is -1.69. The monoisotopic (exact) mass is 366 g/mol. The lowest BCUT2D eigenvalue weighted by atomic mass is 10.1. The van der Waals surface area contributed by atoms with E-state index < -0.39 is 0 Å². The average Bonchev–Trinajstić information content (AvgIpc) is 2.58. The number of aliphatic hydroxyl groups is 1. The fraction of sp³-hybridized carbons (Fsp3) is 0.421. The van der Waals surface area contributed by atoms with Gasteiger partial charge in [0.25, 0.3) is 0 Å². The molecule has 136 valence electrons. The number of aliphatic hydroxyl groups excluding tert-OH is 1. The Morgan fingerprint density at radius 3 is 2.64 bits per heavy atom. The number of benzene rings is 1. The lowest BCUT2D eigenvalue weighted by molar-refractivity contribution is 0.209. The Labute approximate surface area is 153 Å². The van der Waals surface area contributed by atoms with Crippen molar-refractivity contribution < 1.29 is 14.2 Å². The number of hydrogen-bond donors (Lipinski definition) is 2. The van der Waals surface area contributed by atoms with E-state index in [0.717, 1.165) is 5.56 Å². The normalized spacial score (nSPS) is 12.4. The van der Waals surface area contributed by atoms with Crippen molar-refractivity contribution in [3.8, 4) is 17.0 Å². The molecule has 0 amide bonds. The maximum absolute atomic E-state index is 14.1. The van der Waals surface area contributed by atoms with Crippen molar-refractivity contribution >= 4 is 11.6 Å². The Bertz CT molecular complexity index is 710. The second kappa shape index (κ2) is 9.13. The van der Waals surface area contributed by atoms with Crippen molar-refractivity contribution in [3.05, 3.63) is 46.9 Å². The third-order valence-corrected chi connectivity index (χ3v) is 4.27. The zero-order chi connectivity index (χ0) is 18.4. The number of nitrogens with one attached hydrogen (secondary N) is 1. The molecule has 2 aromatic rings. The van der Waals surface area contributed by atoms with Crippen LogP contribution in [-0.4, -0.2) is 29.3 Å². The highest BCUT2D eigenvalue weighted by molar-refractivity contribution is 6.32. The summed E-state index contributed by atoms with van der Waals surface area (Å²) >= 11 is 6.22. The average molecular weight is 367 g/mol. The summed E-state index contributed by atoms with van der Waals surface area (Å²) in [6.07, 6.45) is 0. The van der Waals surface area contributed by atoms with E-state index in [2.05, 4.69) is 10.3 Å². The molecule has 4 nitrogen and oxygen atoms in total. The highest BCUT2D eigenvalue weighted by Gasteiger charge is 2.14. The Balaban J connectivity index is 2.22. The summed E-state index contributed by atoms with van der Waals surface area (Å²) in [7, 11) is 0. The van der Waals surface area contributed by atoms with Crippen LogP contribution in [0.2, 0.25) is 5.02 Å². The highest BCUT2D eigenvalue weighted by atomic mass is 35.5. The summed E-state index contributed by atoms with van der Waals surface area (Å²) in [5.41, 5.74) is 1.73. The van der Waals surface area contributed by atoms with E-state index in [1.165, 1.54) is 6.07 Å². The Morgan fingerprint density at radius 2 is 2.04 bits per heavy atom. The molecule has 25 heavy (non-hydrogen) atoms. The summed E-state index contributed by atoms with van der Waals surface area (Å²) in [6, 6.07) is 8.30. The van der Waals surface area contributed by atoms with Crippen LogP contribution < -0.4 is 10.1 Å². The van der Waals surface area contributed by atoms with Gasteiger partial charge in [-0.15, -0.1) is 0 Å². The molecule has 0 aliphatic rings. The lowest BCUT2D eigenvalue weighted by Gasteiger charge is -2.20. The lowest BCUT2D eigenvalue weighted by Crippen LogP contribution is -2.36. The second-order valence-corrected chi connectivity index (χ2v) is 6.52. The van der Waals surface area contributed by atoms with Crippen LogP contribution in [0.4, 0.5) is 4.39 Å². The first-order valence-electron chi connectivity index (χ1n) is 8.38. The number of pyridine rings is 1. The van der Waals surface area contributed by atoms with Crippen LogP contribution in [0, 0.1) is 11.7 Å². The largest absolute Gasteiger partial charge is 0.492 e. The predicted octanol–water partition coefficient (Wildman–Crippen LogP) is 4.05. The van der Waals surface area contributed by atoms with Gasteiger partial charge in [0.15, 0.2) is 0 Å². The fourth-order valence-electron chi connectivity index (χ4n) is 2.44. The van der Waals surface area contributed by atoms with Crippen molar-refractivity contribution in [2.75, 3.05) is 13.2 Å². The Kier molecular flexibility index (Phi) is 7.17. The van der Waals surface area contributed by atoms with Gasteiger partial charge in [-0.1, -0.05) is 25.4 Å². The van der Waals surface area contributed by atoms with Crippen molar-refractivity contribution in [2.45, 2.75) is 33.4 Å². The number of ether oxygens (including phenoxy) is 1. The van der Waals surface area contributed by atoms with E-state index in [4.69, 9.17) is 16.3 Å². The van der Waals surface area contributed by atoms with Gasteiger partial charge in [-0.05, 0) is 43.2 Å². The molecule has 1 aromatic carbocycles. The van der Waals surface area contributed by atoms with Crippen LogP contribution >= 0.6 is 11.6 Å². The number of hydrogen-bond acceptors (Lipinski definition) is 4. The molecule has 0 fully saturated rings. The maximum atomic E-state index is 14.1. The predicted molar refractivity (Wildman–Crippen MR) is 98.4 cm³/mol. The highest BCUT2D eigenvalue weighted by Crippen LogP contribution is 2.30. The van der Waals surface area contributed by atoms with E-state index in [1.54, 1.807) is 18.2 Å². The number of halogens is 2. The van der Waals surface area contributed by atoms with E-state index >= 15 is 0 Å². The second-order valence-electron chi connectivity index (χ2n) is 6.12. The topological polar surface area (TPSA) is 54.4 Å². The van der Waals surface area contributed by atoms with Gasteiger partial charge in [-0.2, -0.15) is 0 Å². The molecule has 0 saturated heterocycles. The maximum Gasteiger partial charge on any atom is 0.146 e. The van der Waals surface area contributed by atoms with Crippen molar-refractivity contribution in [1.29, 1.82) is 0 Å². The molecule has 6 heteroatoms. The molecule has 2 N–H and O–H groups in total. The molecule has 0 bridgehead atoms. The molecule has 2 rings (SSSR count). The van der Waals surface area contributed by atoms with Gasteiger partial charge in [-0.25, -0.2) is 9.37 Å². The van der Waals surface area contributed by atoms with Crippen LogP contribution in [0.3, 0.4) is 0 Å². The van der Waals surface area contributed by atoms with Gasteiger partial charge in [0, 0.05) is 18.2 Å². The molecule has 1 heterocycles. The molecular formula is C19H24ClFN2O2. The van der Waals surface area contributed by atoms with Crippen molar-refractivity contribution in [1.82, 2.24) is 10.3 Å². The van der Waals surface area contributed by atoms with E-state index in [-0.39, 0.29) is 30.9 Å². The van der Waals surface area contributed by atoms with Gasteiger partial charge in [-0.3, -0.25) is 0 Å². The minimum absolute atomic E-state index is 0.00647. The first-order valence-corrected chi connectivity index (χ1v) is 8.76. The zero-order valence-electron chi connectivity index (χ0n) is 14.7.